The summed E-state index contributed by atoms with van der Waals surface area (Å²) in [5.41, 5.74) is 2.53. The van der Waals surface area contributed by atoms with Crippen molar-refractivity contribution in [2.24, 2.45) is 0 Å². The number of ketones is 1. The second kappa shape index (κ2) is 4.09. The summed E-state index contributed by atoms with van der Waals surface area (Å²) in [5, 5.41) is 0. The summed E-state index contributed by atoms with van der Waals surface area (Å²) in [7, 11) is 0. The summed E-state index contributed by atoms with van der Waals surface area (Å²) in [6.45, 7) is 3.86. The number of alkyl halides is 3. The molecule has 0 aliphatic rings. The van der Waals surface area contributed by atoms with E-state index in [1.807, 2.05) is 19.9 Å². The molecular formula is C10H9Cl3O. The Kier molecular flexibility index (Phi) is 3.46. The van der Waals surface area contributed by atoms with Crippen LogP contribution in [0.5, 0.6) is 0 Å². The topological polar surface area (TPSA) is 17.1 Å². The smallest absolute Gasteiger partial charge is 0.253 e. The normalized spacial score (nSPS) is 11.5. The first-order chi connectivity index (χ1) is 6.32. The fourth-order valence-corrected chi connectivity index (χ4v) is 1.37. The second-order valence-electron chi connectivity index (χ2n) is 3.13. The van der Waals surface area contributed by atoms with Gasteiger partial charge in [-0.15, -0.1) is 0 Å². The van der Waals surface area contributed by atoms with Crippen LogP contribution < -0.4 is 0 Å². The van der Waals surface area contributed by atoms with Crippen LogP contribution in [-0.4, -0.2) is 9.58 Å². The van der Waals surface area contributed by atoms with Gasteiger partial charge in [0, 0.05) is 5.56 Å². The largest absolute Gasteiger partial charge is 0.289 e. The van der Waals surface area contributed by atoms with Gasteiger partial charge in [0.2, 0.25) is 5.78 Å². The van der Waals surface area contributed by atoms with Gasteiger partial charge in [-0.05, 0) is 31.0 Å². The minimum Gasteiger partial charge on any atom is -0.289 e. The highest BCUT2D eigenvalue weighted by atomic mass is 35.6. The first kappa shape index (κ1) is 11.8. The van der Waals surface area contributed by atoms with Gasteiger partial charge in [-0.1, -0.05) is 46.9 Å². The van der Waals surface area contributed by atoms with Crippen LogP contribution in [0.3, 0.4) is 0 Å². The van der Waals surface area contributed by atoms with E-state index in [4.69, 9.17) is 34.8 Å². The Labute approximate surface area is 98.0 Å². The second-order valence-corrected chi connectivity index (χ2v) is 5.41. The Hall–Kier alpha value is -0.240. The summed E-state index contributed by atoms with van der Waals surface area (Å²) < 4.78 is -1.87. The molecule has 76 valence electrons. The van der Waals surface area contributed by atoms with Crippen LogP contribution in [0, 0.1) is 13.8 Å². The predicted molar refractivity (Wildman–Crippen MR) is 60.5 cm³/mol. The van der Waals surface area contributed by atoms with Gasteiger partial charge in [-0.25, -0.2) is 0 Å². The average molecular weight is 252 g/mol. The van der Waals surface area contributed by atoms with Crippen LogP contribution in [0.1, 0.15) is 21.5 Å². The predicted octanol–water partition coefficient (Wildman–Crippen LogP) is 3.86. The lowest BCUT2D eigenvalue weighted by atomic mass is 10.0. The molecule has 0 aliphatic heterocycles. The van der Waals surface area contributed by atoms with Crippen molar-refractivity contribution in [2.45, 2.75) is 17.6 Å². The van der Waals surface area contributed by atoms with Crippen molar-refractivity contribution in [3.8, 4) is 0 Å². The lowest BCUT2D eigenvalue weighted by Gasteiger charge is -2.10. The molecule has 1 rings (SSSR count). The van der Waals surface area contributed by atoms with Gasteiger partial charge in [-0.3, -0.25) is 4.79 Å². The zero-order valence-corrected chi connectivity index (χ0v) is 10.0. The van der Waals surface area contributed by atoms with E-state index in [1.54, 1.807) is 12.1 Å². The van der Waals surface area contributed by atoms with E-state index in [-0.39, 0.29) is 0 Å². The molecule has 1 nitrogen and oxygen atoms in total. The van der Waals surface area contributed by atoms with Gasteiger partial charge >= 0.3 is 0 Å². The molecule has 4 heteroatoms. The fourth-order valence-electron chi connectivity index (χ4n) is 1.05. The Morgan fingerprint density at radius 3 is 2.14 bits per heavy atom. The summed E-state index contributed by atoms with van der Waals surface area (Å²) in [5.74, 6) is -0.495. The molecule has 0 aromatic heterocycles. The lowest BCUT2D eigenvalue weighted by Crippen LogP contribution is -2.18. The first-order valence-electron chi connectivity index (χ1n) is 4.01. The highest BCUT2D eigenvalue weighted by Gasteiger charge is 2.31. The van der Waals surface area contributed by atoms with Gasteiger partial charge in [0.25, 0.3) is 3.79 Å². The van der Waals surface area contributed by atoms with Crippen molar-refractivity contribution >= 4 is 40.6 Å². The van der Waals surface area contributed by atoms with E-state index in [0.717, 1.165) is 11.1 Å². The number of carbonyl (C=O) groups excluding carboxylic acids is 1. The molecule has 0 bridgehead atoms. The number of Topliss-reactive ketones (excluding diaryl/α,β-unsaturated/α-hetero) is 1. The van der Waals surface area contributed by atoms with Gasteiger partial charge < -0.3 is 0 Å². The minimum atomic E-state index is -1.87. The molecule has 0 spiro atoms. The third kappa shape index (κ3) is 2.63. The van der Waals surface area contributed by atoms with Gasteiger partial charge in [0.15, 0.2) is 0 Å². The highest BCUT2D eigenvalue weighted by molar-refractivity contribution is 6.77. The Morgan fingerprint density at radius 1 is 1.14 bits per heavy atom. The first-order valence-corrected chi connectivity index (χ1v) is 5.14. The molecule has 0 saturated heterocycles. The van der Waals surface area contributed by atoms with Crippen molar-refractivity contribution in [3.63, 3.8) is 0 Å². The van der Waals surface area contributed by atoms with Crippen molar-refractivity contribution < 1.29 is 4.79 Å². The maximum Gasteiger partial charge on any atom is 0.253 e. The molecule has 1 aromatic rings. The van der Waals surface area contributed by atoms with E-state index in [9.17, 15) is 4.79 Å². The molecule has 0 saturated carbocycles. The standard InChI is InChI=1S/C10H9Cl3O/c1-6-3-4-8(5-7(6)2)9(14)10(11,12)13/h3-5H,1-2H3. The Bertz CT molecular complexity index is 366. The highest BCUT2D eigenvalue weighted by Crippen LogP contribution is 2.30. The number of halogens is 3. The Morgan fingerprint density at radius 2 is 1.71 bits per heavy atom. The molecule has 0 radical (unpaired) electrons. The number of carbonyl (C=O) groups is 1. The number of rotatable bonds is 1. The molecule has 0 aliphatic carbocycles. The number of hydrogen-bond acceptors (Lipinski definition) is 1. The number of benzene rings is 1. The summed E-state index contributed by atoms with van der Waals surface area (Å²) in [6.07, 6.45) is 0. The fraction of sp³-hybridized carbons (Fsp3) is 0.300. The van der Waals surface area contributed by atoms with Gasteiger partial charge in [0.05, 0.1) is 0 Å². The summed E-state index contributed by atoms with van der Waals surface area (Å²) in [6, 6.07) is 5.21. The minimum absolute atomic E-state index is 0.424. The van der Waals surface area contributed by atoms with E-state index >= 15 is 0 Å². The number of hydrogen-bond donors (Lipinski definition) is 0. The average Bonchev–Trinajstić information content (AvgIpc) is 2.07. The van der Waals surface area contributed by atoms with Crippen LogP contribution in [0.15, 0.2) is 18.2 Å². The zero-order valence-electron chi connectivity index (χ0n) is 7.77. The third-order valence-electron chi connectivity index (χ3n) is 2.03. The zero-order chi connectivity index (χ0) is 10.9. The quantitative estimate of drug-likeness (QED) is 0.547. The maximum atomic E-state index is 11.5. The lowest BCUT2D eigenvalue weighted by molar-refractivity contribution is 0.0996. The van der Waals surface area contributed by atoms with Crippen LogP contribution in [0.25, 0.3) is 0 Å². The maximum absolute atomic E-state index is 11.5. The van der Waals surface area contributed by atoms with Crippen LogP contribution in [0.2, 0.25) is 0 Å². The van der Waals surface area contributed by atoms with Crippen LogP contribution >= 0.6 is 34.8 Å². The van der Waals surface area contributed by atoms with Crippen molar-refractivity contribution in [1.29, 1.82) is 0 Å². The SMILES string of the molecule is Cc1ccc(C(=O)C(Cl)(Cl)Cl)cc1C. The molecule has 0 heterocycles. The van der Waals surface area contributed by atoms with Crippen LogP contribution in [0.4, 0.5) is 0 Å². The van der Waals surface area contributed by atoms with Crippen molar-refractivity contribution in [1.82, 2.24) is 0 Å². The molecule has 0 unspecified atom stereocenters. The van der Waals surface area contributed by atoms with E-state index < -0.39 is 9.58 Å². The summed E-state index contributed by atoms with van der Waals surface area (Å²) >= 11 is 16.5. The molecule has 1 aromatic carbocycles. The molecular weight excluding hydrogens is 242 g/mol. The van der Waals surface area contributed by atoms with Crippen LogP contribution in [-0.2, 0) is 0 Å². The molecule has 14 heavy (non-hydrogen) atoms. The van der Waals surface area contributed by atoms with Gasteiger partial charge in [-0.2, -0.15) is 0 Å². The third-order valence-corrected chi connectivity index (χ3v) is 2.54. The monoisotopic (exact) mass is 250 g/mol. The van der Waals surface area contributed by atoms with Crippen molar-refractivity contribution in [3.05, 3.63) is 34.9 Å². The molecule has 0 amide bonds. The van der Waals surface area contributed by atoms with E-state index in [1.165, 1.54) is 0 Å². The van der Waals surface area contributed by atoms with E-state index in [0.29, 0.717) is 5.56 Å². The molecule has 0 fully saturated rings. The summed E-state index contributed by atoms with van der Waals surface area (Å²) in [4.78, 5) is 11.5. The molecule has 0 N–H and O–H groups in total. The van der Waals surface area contributed by atoms with E-state index in [2.05, 4.69) is 0 Å². The van der Waals surface area contributed by atoms with Crippen molar-refractivity contribution in [2.75, 3.05) is 0 Å². The van der Waals surface area contributed by atoms with Gasteiger partial charge in [0.1, 0.15) is 0 Å². The Balaban J connectivity index is 3.10. The molecule has 0 atom stereocenters. The number of aryl methyl sites for hydroxylation is 2.